The van der Waals surface area contributed by atoms with Crippen molar-refractivity contribution in [2.75, 3.05) is 34.2 Å². The van der Waals surface area contributed by atoms with Crippen LogP contribution in [0.3, 0.4) is 0 Å². The predicted octanol–water partition coefficient (Wildman–Crippen LogP) is 2.30. The molecule has 0 aromatic carbocycles. The van der Waals surface area contributed by atoms with Gasteiger partial charge in [0.05, 0.1) is 5.03 Å². The standard InChI is InChI=1S/C11H19ClN2/c1-6-7-11(12)10(2)14(5)9-8-13(3)4/h6-7H,1-2,8-9H2,3-5H3/b11-7+. The van der Waals surface area contributed by atoms with E-state index < -0.39 is 0 Å². The molecule has 80 valence electrons. The summed E-state index contributed by atoms with van der Waals surface area (Å²) in [5.41, 5.74) is 0.827. The van der Waals surface area contributed by atoms with Gasteiger partial charge in [-0.2, -0.15) is 0 Å². The van der Waals surface area contributed by atoms with Crippen molar-refractivity contribution in [1.29, 1.82) is 0 Å². The van der Waals surface area contributed by atoms with Gasteiger partial charge in [-0.05, 0) is 20.2 Å². The van der Waals surface area contributed by atoms with E-state index in [1.165, 1.54) is 0 Å². The van der Waals surface area contributed by atoms with Crippen LogP contribution in [0.4, 0.5) is 0 Å². The SMILES string of the molecule is C=C/C=C(/Cl)C(=C)N(C)CCN(C)C. The Balaban J connectivity index is 4.12. The first-order valence-corrected chi connectivity index (χ1v) is 4.90. The molecule has 0 aliphatic carbocycles. The maximum Gasteiger partial charge on any atom is 0.0633 e. The molecule has 0 heterocycles. The third kappa shape index (κ3) is 5.10. The van der Waals surface area contributed by atoms with Crippen molar-refractivity contribution in [3.8, 4) is 0 Å². The van der Waals surface area contributed by atoms with Crippen LogP contribution in [0, 0.1) is 0 Å². The number of halogens is 1. The molecule has 0 bridgehead atoms. The molecule has 0 aliphatic heterocycles. The number of hydrogen-bond acceptors (Lipinski definition) is 2. The molecule has 0 unspecified atom stereocenters. The Bertz CT molecular complexity index is 231. The molecule has 0 aromatic rings. The highest BCUT2D eigenvalue weighted by Crippen LogP contribution is 2.15. The molecular weight excluding hydrogens is 196 g/mol. The Morgan fingerprint density at radius 2 is 1.86 bits per heavy atom. The second-order valence-electron chi connectivity index (χ2n) is 3.42. The van der Waals surface area contributed by atoms with Crippen molar-refractivity contribution in [2.45, 2.75) is 0 Å². The fourth-order valence-corrected chi connectivity index (χ4v) is 1.10. The van der Waals surface area contributed by atoms with Crippen molar-refractivity contribution in [2.24, 2.45) is 0 Å². The first-order valence-electron chi connectivity index (χ1n) is 4.52. The summed E-state index contributed by atoms with van der Waals surface area (Å²) in [6.07, 6.45) is 3.41. The van der Waals surface area contributed by atoms with Crippen LogP contribution in [0.15, 0.2) is 36.0 Å². The van der Waals surface area contributed by atoms with E-state index in [1.807, 2.05) is 26.0 Å². The molecule has 0 saturated carbocycles. The number of likely N-dealkylation sites (N-methyl/N-ethyl adjacent to an activating group) is 2. The van der Waals surface area contributed by atoms with Crippen LogP contribution in [0.5, 0.6) is 0 Å². The highest BCUT2D eigenvalue weighted by molar-refractivity contribution is 6.31. The summed E-state index contributed by atoms with van der Waals surface area (Å²) in [7, 11) is 6.06. The van der Waals surface area contributed by atoms with E-state index in [0.29, 0.717) is 5.03 Å². The van der Waals surface area contributed by atoms with Crippen molar-refractivity contribution in [3.63, 3.8) is 0 Å². The van der Waals surface area contributed by atoms with Gasteiger partial charge in [-0.15, -0.1) is 0 Å². The highest BCUT2D eigenvalue weighted by atomic mass is 35.5. The van der Waals surface area contributed by atoms with E-state index in [2.05, 4.69) is 18.1 Å². The Kier molecular flexibility index (Phi) is 6.34. The summed E-state index contributed by atoms with van der Waals surface area (Å²) < 4.78 is 0. The third-order valence-electron chi connectivity index (χ3n) is 1.88. The van der Waals surface area contributed by atoms with Crippen LogP contribution in [0.25, 0.3) is 0 Å². The average molecular weight is 215 g/mol. The summed E-state index contributed by atoms with van der Waals surface area (Å²) in [4.78, 5) is 4.15. The van der Waals surface area contributed by atoms with Crippen LogP contribution in [-0.4, -0.2) is 44.0 Å². The molecule has 0 amide bonds. The van der Waals surface area contributed by atoms with E-state index in [9.17, 15) is 0 Å². The summed E-state index contributed by atoms with van der Waals surface area (Å²) in [6, 6.07) is 0. The van der Waals surface area contributed by atoms with Gasteiger partial charge < -0.3 is 9.80 Å². The Morgan fingerprint density at radius 1 is 1.29 bits per heavy atom. The fourth-order valence-electron chi connectivity index (χ4n) is 0.867. The van der Waals surface area contributed by atoms with Gasteiger partial charge in [0.1, 0.15) is 0 Å². The fraction of sp³-hybridized carbons (Fsp3) is 0.455. The lowest BCUT2D eigenvalue weighted by Gasteiger charge is -2.23. The molecule has 0 radical (unpaired) electrons. The van der Waals surface area contributed by atoms with E-state index in [-0.39, 0.29) is 0 Å². The predicted molar refractivity (Wildman–Crippen MR) is 64.5 cm³/mol. The minimum atomic E-state index is 0.640. The lowest BCUT2D eigenvalue weighted by molar-refractivity contribution is 0.331. The van der Waals surface area contributed by atoms with E-state index in [4.69, 9.17) is 11.6 Å². The van der Waals surface area contributed by atoms with Gasteiger partial charge in [-0.25, -0.2) is 0 Å². The van der Waals surface area contributed by atoms with Gasteiger partial charge in [0, 0.05) is 25.8 Å². The number of allylic oxidation sites excluding steroid dienone is 3. The molecule has 14 heavy (non-hydrogen) atoms. The van der Waals surface area contributed by atoms with Gasteiger partial charge in [0.25, 0.3) is 0 Å². The Morgan fingerprint density at radius 3 is 2.29 bits per heavy atom. The first kappa shape index (κ1) is 13.3. The van der Waals surface area contributed by atoms with E-state index in [1.54, 1.807) is 12.2 Å². The summed E-state index contributed by atoms with van der Waals surface area (Å²) in [5, 5.41) is 0.640. The molecule has 0 fully saturated rings. The van der Waals surface area contributed by atoms with Crippen molar-refractivity contribution in [3.05, 3.63) is 36.0 Å². The van der Waals surface area contributed by atoms with Gasteiger partial charge >= 0.3 is 0 Å². The van der Waals surface area contributed by atoms with Gasteiger partial charge in [-0.3, -0.25) is 0 Å². The topological polar surface area (TPSA) is 6.48 Å². The number of nitrogens with zero attached hydrogens (tertiary/aromatic N) is 2. The normalized spacial score (nSPS) is 11.6. The molecular formula is C11H19ClN2. The third-order valence-corrected chi connectivity index (χ3v) is 2.23. The largest absolute Gasteiger partial charge is 0.373 e. The lowest BCUT2D eigenvalue weighted by Crippen LogP contribution is -2.28. The van der Waals surface area contributed by atoms with Crippen LogP contribution in [0.1, 0.15) is 0 Å². The number of hydrogen-bond donors (Lipinski definition) is 0. The molecule has 0 spiro atoms. The van der Waals surface area contributed by atoms with Crippen LogP contribution < -0.4 is 0 Å². The molecule has 0 aromatic heterocycles. The molecule has 2 nitrogen and oxygen atoms in total. The van der Waals surface area contributed by atoms with Crippen molar-refractivity contribution >= 4 is 11.6 Å². The van der Waals surface area contributed by atoms with Gasteiger partial charge in [-0.1, -0.05) is 30.8 Å². The quantitative estimate of drug-likeness (QED) is 0.627. The van der Waals surface area contributed by atoms with Crippen molar-refractivity contribution < 1.29 is 0 Å². The molecule has 0 saturated heterocycles. The lowest BCUT2D eigenvalue weighted by atomic mass is 10.3. The van der Waals surface area contributed by atoms with E-state index >= 15 is 0 Å². The van der Waals surface area contributed by atoms with Crippen LogP contribution in [0.2, 0.25) is 0 Å². The highest BCUT2D eigenvalue weighted by Gasteiger charge is 2.04. The van der Waals surface area contributed by atoms with Crippen LogP contribution in [-0.2, 0) is 0 Å². The van der Waals surface area contributed by atoms with Crippen LogP contribution >= 0.6 is 11.6 Å². The molecule has 0 aliphatic rings. The maximum absolute atomic E-state index is 5.98. The monoisotopic (exact) mass is 214 g/mol. The minimum Gasteiger partial charge on any atom is -0.373 e. The summed E-state index contributed by atoms with van der Waals surface area (Å²) in [5.74, 6) is 0. The molecule has 0 rings (SSSR count). The Hall–Kier alpha value is -0.730. The van der Waals surface area contributed by atoms with Crippen molar-refractivity contribution in [1.82, 2.24) is 9.80 Å². The summed E-state index contributed by atoms with van der Waals surface area (Å²) >= 11 is 5.98. The first-order chi connectivity index (χ1) is 6.49. The zero-order valence-electron chi connectivity index (χ0n) is 9.26. The Labute approximate surface area is 92.1 Å². The molecule has 0 N–H and O–H groups in total. The zero-order valence-corrected chi connectivity index (χ0v) is 10.0. The zero-order chi connectivity index (χ0) is 11.1. The number of rotatable bonds is 6. The molecule has 0 atom stereocenters. The smallest absolute Gasteiger partial charge is 0.0633 e. The van der Waals surface area contributed by atoms with Gasteiger partial charge in [0.2, 0.25) is 0 Å². The molecule has 3 heteroatoms. The maximum atomic E-state index is 5.98. The average Bonchev–Trinajstić information content (AvgIpc) is 2.13. The second-order valence-corrected chi connectivity index (χ2v) is 3.83. The summed E-state index contributed by atoms with van der Waals surface area (Å²) in [6.45, 7) is 9.39. The van der Waals surface area contributed by atoms with Gasteiger partial charge in [0.15, 0.2) is 0 Å². The minimum absolute atomic E-state index is 0.640. The second kappa shape index (κ2) is 6.68. The van der Waals surface area contributed by atoms with E-state index in [0.717, 1.165) is 18.8 Å².